The normalized spacial score (nSPS) is 10.4. The van der Waals surface area contributed by atoms with E-state index in [-0.39, 0.29) is 12.2 Å². The number of terminal acetylenes is 1. The van der Waals surface area contributed by atoms with Gasteiger partial charge in [-0.1, -0.05) is 21.9 Å². The zero-order chi connectivity index (χ0) is 19.6. The molecule has 0 heterocycles. The second-order valence-electron chi connectivity index (χ2n) is 5.26. The van der Waals surface area contributed by atoms with E-state index in [2.05, 4.69) is 27.2 Å². The average Bonchev–Trinajstić information content (AvgIpc) is 2.67. The molecule has 0 unspecified atom stereocenters. The van der Waals surface area contributed by atoms with E-state index in [0.717, 1.165) is 4.47 Å². The van der Waals surface area contributed by atoms with Gasteiger partial charge >= 0.3 is 0 Å². The number of nitrogens with one attached hydrogen (secondary N) is 1. The fourth-order valence-corrected chi connectivity index (χ4v) is 2.57. The molecule has 2 aromatic rings. The SMILES string of the molecule is C#CCOc1ccc(Br)cc1/C=C(\C#N)C(=O)Nc1ccc(OCC)cc1. The van der Waals surface area contributed by atoms with E-state index < -0.39 is 5.91 Å². The minimum absolute atomic E-state index is 0.0625. The highest BCUT2D eigenvalue weighted by Crippen LogP contribution is 2.26. The van der Waals surface area contributed by atoms with Gasteiger partial charge in [0.1, 0.15) is 29.7 Å². The van der Waals surface area contributed by atoms with Gasteiger partial charge in [0, 0.05) is 15.7 Å². The van der Waals surface area contributed by atoms with Crippen LogP contribution in [0.5, 0.6) is 11.5 Å². The summed E-state index contributed by atoms with van der Waals surface area (Å²) in [4.78, 5) is 12.5. The van der Waals surface area contributed by atoms with Crippen LogP contribution in [0.2, 0.25) is 0 Å². The summed E-state index contributed by atoms with van der Waals surface area (Å²) in [6.07, 6.45) is 6.68. The first-order valence-corrected chi connectivity index (χ1v) is 8.88. The number of hydrogen-bond donors (Lipinski definition) is 1. The summed E-state index contributed by atoms with van der Waals surface area (Å²) < 4.78 is 11.6. The molecule has 0 aromatic heterocycles. The molecule has 1 amide bonds. The van der Waals surface area contributed by atoms with Crippen LogP contribution < -0.4 is 14.8 Å². The maximum Gasteiger partial charge on any atom is 0.266 e. The standard InChI is InChI=1S/C21H17BrN2O3/c1-3-11-27-20-10-5-17(22)13-15(20)12-16(14-23)21(25)24-18-6-8-19(9-7-18)26-4-2/h1,5-10,12-13H,4,11H2,2H3,(H,24,25)/b16-12+. The van der Waals surface area contributed by atoms with Crippen molar-refractivity contribution in [2.75, 3.05) is 18.5 Å². The van der Waals surface area contributed by atoms with Crippen molar-refractivity contribution in [2.45, 2.75) is 6.92 Å². The summed E-state index contributed by atoms with van der Waals surface area (Å²) in [6, 6.07) is 14.1. The van der Waals surface area contributed by atoms with Crippen molar-refractivity contribution in [1.82, 2.24) is 0 Å². The number of nitrogens with zero attached hydrogens (tertiary/aromatic N) is 1. The molecule has 27 heavy (non-hydrogen) atoms. The number of nitriles is 1. The molecule has 0 saturated heterocycles. The molecule has 0 aliphatic heterocycles. The zero-order valence-corrected chi connectivity index (χ0v) is 16.2. The van der Waals surface area contributed by atoms with Gasteiger partial charge in [0.25, 0.3) is 5.91 Å². The van der Waals surface area contributed by atoms with E-state index in [1.807, 2.05) is 13.0 Å². The van der Waals surface area contributed by atoms with E-state index >= 15 is 0 Å². The van der Waals surface area contributed by atoms with Gasteiger partial charge in [-0.05, 0) is 55.5 Å². The number of ether oxygens (including phenoxy) is 2. The van der Waals surface area contributed by atoms with Gasteiger partial charge < -0.3 is 14.8 Å². The number of carbonyl (C=O) groups is 1. The minimum Gasteiger partial charge on any atom is -0.494 e. The topological polar surface area (TPSA) is 71.3 Å². The Hall–Kier alpha value is -3.22. The van der Waals surface area contributed by atoms with Crippen LogP contribution >= 0.6 is 15.9 Å². The van der Waals surface area contributed by atoms with Crippen molar-refractivity contribution < 1.29 is 14.3 Å². The molecule has 0 bridgehead atoms. The third-order valence-corrected chi connectivity index (χ3v) is 3.86. The van der Waals surface area contributed by atoms with Crippen LogP contribution in [0.15, 0.2) is 52.5 Å². The highest BCUT2D eigenvalue weighted by atomic mass is 79.9. The molecule has 0 fully saturated rings. The summed E-state index contributed by atoms with van der Waals surface area (Å²) in [7, 11) is 0. The molecule has 136 valence electrons. The lowest BCUT2D eigenvalue weighted by atomic mass is 10.1. The van der Waals surface area contributed by atoms with Crippen molar-refractivity contribution >= 4 is 33.6 Å². The number of hydrogen-bond acceptors (Lipinski definition) is 4. The molecular weight excluding hydrogens is 408 g/mol. The molecule has 0 spiro atoms. The average molecular weight is 425 g/mol. The first-order chi connectivity index (χ1) is 13.1. The predicted octanol–water partition coefficient (Wildman–Crippen LogP) is 4.41. The van der Waals surface area contributed by atoms with Crippen molar-refractivity contribution in [3.05, 3.63) is 58.1 Å². The molecule has 0 saturated carbocycles. The summed E-state index contributed by atoms with van der Waals surface area (Å²) >= 11 is 3.37. The summed E-state index contributed by atoms with van der Waals surface area (Å²) in [6.45, 7) is 2.54. The van der Waals surface area contributed by atoms with Crippen LogP contribution in [0, 0.1) is 23.7 Å². The lowest BCUT2D eigenvalue weighted by Gasteiger charge is -2.09. The number of anilines is 1. The summed E-state index contributed by atoms with van der Waals surface area (Å²) in [5.74, 6) is 3.05. The van der Waals surface area contributed by atoms with E-state index in [0.29, 0.717) is 29.4 Å². The third-order valence-electron chi connectivity index (χ3n) is 3.37. The highest BCUT2D eigenvalue weighted by Gasteiger charge is 2.12. The largest absolute Gasteiger partial charge is 0.494 e. The quantitative estimate of drug-likeness (QED) is 0.406. The maximum atomic E-state index is 12.5. The number of rotatable bonds is 7. The van der Waals surface area contributed by atoms with Crippen LogP contribution in [0.25, 0.3) is 6.08 Å². The summed E-state index contributed by atoms with van der Waals surface area (Å²) in [5.41, 5.74) is 1.06. The molecule has 5 nitrogen and oxygen atoms in total. The number of halogens is 1. The Labute approximate surface area is 166 Å². The van der Waals surface area contributed by atoms with Crippen LogP contribution in [0.1, 0.15) is 12.5 Å². The van der Waals surface area contributed by atoms with E-state index in [1.54, 1.807) is 42.5 Å². The Morgan fingerprint density at radius 1 is 1.26 bits per heavy atom. The fourth-order valence-electron chi connectivity index (χ4n) is 2.19. The Morgan fingerprint density at radius 3 is 2.63 bits per heavy atom. The van der Waals surface area contributed by atoms with E-state index in [1.165, 1.54) is 6.08 Å². The molecule has 0 aliphatic carbocycles. The highest BCUT2D eigenvalue weighted by molar-refractivity contribution is 9.10. The van der Waals surface area contributed by atoms with Gasteiger partial charge in [-0.25, -0.2) is 0 Å². The number of benzene rings is 2. The van der Waals surface area contributed by atoms with Gasteiger partial charge in [0.2, 0.25) is 0 Å². The van der Waals surface area contributed by atoms with Crippen molar-refractivity contribution in [2.24, 2.45) is 0 Å². The molecular formula is C21H17BrN2O3. The Balaban J connectivity index is 2.22. The lowest BCUT2D eigenvalue weighted by molar-refractivity contribution is -0.112. The minimum atomic E-state index is -0.524. The van der Waals surface area contributed by atoms with E-state index in [4.69, 9.17) is 15.9 Å². The molecule has 0 aliphatic rings. The molecule has 0 atom stereocenters. The van der Waals surface area contributed by atoms with E-state index in [9.17, 15) is 10.1 Å². The fraction of sp³-hybridized carbons (Fsp3) is 0.143. The van der Waals surface area contributed by atoms with Gasteiger partial charge in [0.15, 0.2) is 0 Å². The number of amides is 1. The second-order valence-corrected chi connectivity index (χ2v) is 6.17. The maximum absolute atomic E-state index is 12.5. The van der Waals surface area contributed by atoms with Crippen LogP contribution in [0.4, 0.5) is 5.69 Å². The van der Waals surface area contributed by atoms with Gasteiger partial charge in [-0.2, -0.15) is 5.26 Å². The van der Waals surface area contributed by atoms with Crippen LogP contribution in [-0.4, -0.2) is 19.1 Å². The van der Waals surface area contributed by atoms with Crippen LogP contribution in [-0.2, 0) is 4.79 Å². The first kappa shape index (κ1) is 20.1. The third kappa shape index (κ3) is 5.91. The Morgan fingerprint density at radius 2 is 2.00 bits per heavy atom. The summed E-state index contributed by atoms with van der Waals surface area (Å²) in [5, 5.41) is 12.1. The van der Waals surface area contributed by atoms with Gasteiger partial charge in [0.05, 0.1) is 6.61 Å². The van der Waals surface area contributed by atoms with Crippen molar-refractivity contribution in [1.29, 1.82) is 5.26 Å². The smallest absolute Gasteiger partial charge is 0.266 e. The Kier molecular flexibility index (Phi) is 7.49. The monoisotopic (exact) mass is 424 g/mol. The molecule has 1 N–H and O–H groups in total. The van der Waals surface area contributed by atoms with Crippen molar-refractivity contribution in [3.8, 4) is 29.9 Å². The molecule has 0 radical (unpaired) electrons. The zero-order valence-electron chi connectivity index (χ0n) is 14.7. The molecule has 2 aromatic carbocycles. The Bertz CT molecular complexity index is 922. The predicted molar refractivity (Wildman–Crippen MR) is 108 cm³/mol. The molecule has 2 rings (SSSR count). The van der Waals surface area contributed by atoms with Gasteiger partial charge in [-0.3, -0.25) is 4.79 Å². The lowest BCUT2D eigenvalue weighted by Crippen LogP contribution is -2.13. The van der Waals surface area contributed by atoms with Crippen molar-refractivity contribution in [3.63, 3.8) is 0 Å². The first-order valence-electron chi connectivity index (χ1n) is 8.09. The number of carbonyl (C=O) groups excluding carboxylic acids is 1. The van der Waals surface area contributed by atoms with Crippen LogP contribution in [0.3, 0.4) is 0 Å². The second kappa shape index (κ2) is 10.1. The molecule has 6 heteroatoms. The van der Waals surface area contributed by atoms with Gasteiger partial charge in [-0.15, -0.1) is 6.42 Å².